The van der Waals surface area contributed by atoms with E-state index in [4.69, 9.17) is 4.74 Å². The summed E-state index contributed by atoms with van der Waals surface area (Å²) in [5.41, 5.74) is 3.23. The van der Waals surface area contributed by atoms with Gasteiger partial charge >= 0.3 is 0 Å². The summed E-state index contributed by atoms with van der Waals surface area (Å²) in [4.78, 5) is 2.26. The SMILES string of the molecule is C[Si](C)(C)c1ccc(N2c3ccc(Br)cc3Oc3cc(Br)ccc32)cc1. The minimum absolute atomic E-state index is 0.847. The predicted octanol–water partition coefficient (Wildman–Crippen LogP) is 7.33. The average Bonchev–Trinajstić information content (AvgIpc) is 2.59. The molecular weight excluding hydrogens is 470 g/mol. The van der Waals surface area contributed by atoms with E-state index in [9.17, 15) is 0 Å². The minimum Gasteiger partial charge on any atom is -0.453 e. The van der Waals surface area contributed by atoms with Gasteiger partial charge < -0.3 is 9.64 Å². The molecule has 0 amide bonds. The van der Waals surface area contributed by atoms with Gasteiger partial charge in [0, 0.05) is 14.6 Å². The summed E-state index contributed by atoms with van der Waals surface area (Å²) < 4.78 is 8.18. The molecule has 4 rings (SSSR count). The minimum atomic E-state index is -1.32. The number of benzene rings is 3. The van der Waals surface area contributed by atoms with Crippen LogP contribution in [0.15, 0.2) is 69.6 Å². The van der Waals surface area contributed by atoms with E-state index in [1.54, 1.807) is 0 Å². The van der Waals surface area contributed by atoms with E-state index in [0.717, 1.165) is 37.5 Å². The highest BCUT2D eigenvalue weighted by Gasteiger charge is 2.26. The lowest BCUT2D eigenvalue weighted by Gasteiger charge is -2.33. The van der Waals surface area contributed by atoms with E-state index < -0.39 is 8.07 Å². The highest BCUT2D eigenvalue weighted by Crippen LogP contribution is 2.51. The molecule has 1 aliphatic rings. The first-order chi connectivity index (χ1) is 12.3. The quantitative estimate of drug-likeness (QED) is 0.274. The maximum atomic E-state index is 6.17. The number of halogens is 2. The number of hydrogen-bond donors (Lipinski definition) is 0. The largest absolute Gasteiger partial charge is 0.453 e. The molecule has 0 saturated carbocycles. The molecule has 0 N–H and O–H groups in total. The van der Waals surface area contributed by atoms with Crippen molar-refractivity contribution in [3.05, 3.63) is 69.6 Å². The Labute approximate surface area is 172 Å². The Morgan fingerprint density at radius 1 is 0.731 bits per heavy atom. The molecule has 1 aliphatic heterocycles. The number of nitrogens with zero attached hydrogens (tertiary/aromatic N) is 1. The lowest BCUT2D eigenvalue weighted by atomic mass is 10.1. The summed E-state index contributed by atoms with van der Waals surface area (Å²) in [6.07, 6.45) is 0. The van der Waals surface area contributed by atoms with Gasteiger partial charge in [-0.3, -0.25) is 0 Å². The van der Waals surface area contributed by atoms with E-state index in [1.165, 1.54) is 5.19 Å². The van der Waals surface area contributed by atoms with E-state index in [0.29, 0.717) is 0 Å². The van der Waals surface area contributed by atoms with Crippen LogP contribution in [0.1, 0.15) is 0 Å². The van der Waals surface area contributed by atoms with Gasteiger partial charge in [0.05, 0.1) is 19.4 Å². The fourth-order valence-electron chi connectivity index (χ4n) is 3.15. The van der Waals surface area contributed by atoms with Crippen molar-refractivity contribution in [3.63, 3.8) is 0 Å². The molecule has 1 heterocycles. The van der Waals surface area contributed by atoms with Crippen LogP contribution in [0.5, 0.6) is 11.5 Å². The van der Waals surface area contributed by atoms with Gasteiger partial charge in [0.2, 0.25) is 0 Å². The molecule has 132 valence electrons. The first-order valence-electron chi connectivity index (χ1n) is 8.50. The Kier molecular flexibility index (Phi) is 4.49. The molecule has 5 heteroatoms. The molecule has 3 aromatic carbocycles. The second kappa shape index (κ2) is 6.55. The van der Waals surface area contributed by atoms with Crippen LogP contribution in [-0.2, 0) is 0 Å². The van der Waals surface area contributed by atoms with Gasteiger partial charge in [-0.25, -0.2) is 0 Å². The van der Waals surface area contributed by atoms with Crippen molar-refractivity contribution in [2.45, 2.75) is 19.6 Å². The van der Waals surface area contributed by atoms with Gasteiger partial charge in [0.25, 0.3) is 0 Å². The Hall–Kier alpha value is -1.56. The lowest BCUT2D eigenvalue weighted by molar-refractivity contribution is 0.476. The maximum Gasteiger partial charge on any atom is 0.152 e. The first kappa shape index (κ1) is 17.8. The fraction of sp³-hybridized carbons (Fsp3) is 0.143. The van der Waals surface area contributed by atoms with Crippen LogP contribution in [0.2, 0.25) is 19.6 Å². The second-order valence-electron chi connectivity index (χ2n) is 7.46. The van der Waals surface area contributed by atoms with E-state index >= 15 is 0 Å². The van der Waals surface area contributed by atoms with Gasteiger partial charge in [-0.1, -0.05) is 68.8 Å². The third-order valence-electron chi connectivity index (χ3n) is 4.54. The molecule has 0 bridgehead atoms. The van der Waals surface area contributed by atoms with E-state index in [-0.39, 0.29) is 0 Å². The van der Waals surface area contributed by atoms with Crippen LogP contribution < -0.4 is 14.8 Å². The molecule has 2 nitrogen and oxygen atoms in total. The van der Waals surface area contributed by atoms with Crippen molar-refractivity contribution < 1.29 is 4.74 Å². The van der Waals surface area contributed by atoms with E-state index in [2.05, 4.69) is 105 Å². The third-order valence-corrected chi connectivity index (χ3v) is 7.59. The first-order valence-corrected chi connectivity index (χ1v) is 13.6. The topological polar surface area (TPSA) is 12.5 Å². The number of rotatable bonds is 2. The fourth-order valence-corrected chi connectivity index (χ4v) is 4.99. The highest BCUT2D eigenvalue weighted by atomic mass is 79.9. The Morgan fingerprint density at radius 3 is 1.69 bits per heavy atom. The second-order valence-corrected chi connectivity index (χ2v) is 14.4. The molecule has 26 heavy (non-hydrogen) atoms. The van der Waals surface area contributed by atoms with Crippen LogP contribution in [0.25, 0.3) is 0 Å². The standard InChI is InChI=1S/C21H19Br2NOSi/c1-26(2,3)17-8-6-16(7-9-17)24-18-10-4-14(22)12-20(18)25-21-13-15(23)5-11-19(21)24/h4-13H,1-3H3. The zero-order chi connectivity index (χ0) is 18.5. The normalized spacial score (nSPS) is 13.0. The van der Waals surface area contributed by atoms with Crippen molar-refractivity contribution >= 4 is 62.2 Å². The zero-order valence-corrected chi connectivity index (χ0v) is 19.1. The maximum absolute atomic E-state index is 6.17. The summed E-state index contributed by atoms with van der Waals surface area (Å²) in [7, 11) is -1.32. The molecule has 0 unspecified atom stereocenters. The highest BCUT2D eigenvalue weighted by molar-refractivity contribution is 9.10. The van der Waals surface area contributed by atoms with Gasteiger partial charge in [-0.15, -0.1) is 0 Å². The van der Waals surface area contributed by atoms with Gasteiger partial charge in [-0.05, 0) is 48.5 Å². The predicted molar refractivity (Wildman–Crippen MR) is 120 cm³/mol. The summed E-state index contributed by atoms with van der Waals surface area (Å²) >= 11 is 7.10. The summed E-state index contributed by atoms with van der Waals surface area (Å²) in [6.45, 7) is 7.11. The van der Waals surface area contributed by atoms with Gasteiger partial charge in [0.15, 0.2) is 11.5 Å². The molecule has 0 radical (unpaired) electrons. The van der Waals surface area contributed by atoms with Crippen molar-refractivity contribution in [2.75, 3.05) is 4.90 Å². The molecule has 0 aromatic heterocycles. The van der Waals surface area contributed by atoms with Crippen LogP contribution in [0, 0.1) is 0 Å². The van der Waals surface area contributed by atoms with Crippen LogP contribution in [-0.4, -0.2) is 8.07 Å². The van der Waals surface area contributed by atoms with Crippen LogP contribution in [0.4, 0.5) is 17.1 Å². The van der Waals surface area contributed by atoms with Crippen LogP contribution >= 0.6 is 31.9 Å². The average molecular weight is 489 g/mol. The molecule has 0 aliphatic carbocycles. The monoisotopic (exact) mass is 487 g/mol. The number of anilines is 3. The number of fused-ring (bicyclic) bond motifs is 2. The number of ether oxygens (including phenoxy) is 1. The molecule has 3 aromatic rings. The summed E-state index contributed by atoms with van der Waals surface area (Å²) in [5, 5.41) is 1.46. The molecule has 0 saturated heterocycles. The molecule has 0 atom stereocenters. The Bertz CT molecular complexity index is 929. The molecule has 0 fully saturated rings. The zero-order valence-electron chi connectivity index (χ0n) is 14.9. The summed E-state index contributed by atoms with van der Waals surface area (Å²) in [5.74, 6) is 1.69. The third kappa shape index (κ3) is 3.24. The van der Waals surface area contributed by atoms with Crippen molar-refractivity contribution in [1.29, 1.82) is 0 Å². The van der Waals surface area contributed by atoms with Gasteiger partial charge in [-0.2, -0.15) is 0 Å². The Balaban J connectivity index is 1.88. The van der Waals surface area contributed by atoms with E-state index in [1.807, 2.05) is 12.1 Å². The van der Waals surface area contributed by atoms with Gasteiger partial charge in [0.1, 0.15) is 0 Å². The number of hydrogen-bond acceptors (Lipinski definition) is 2. The lowest BCUT2D eigenvalue weighted by Crippen LogP contribution is -2.37. The van der Waals surface area contributed by atoms with Crippen molar-refractivity contribution in [1.82, 2.24) is 0 Å². The summed E-state index contributed by atoms with van der Waals surface area (Å²) in [6, 6.07) is 21.3. The van der Waals surface area contributed by atoms with Crippen LogP contribution in [0.3, 0.4) is 0 Å². The molecule has 0 spiro atoms. The van der Waals surface area contributed by atoms with Crippen molar-refractivity contribution in [3.8, 4) is 11.5 Å². The van der Waals surface area contributed by atoms with Crippen molar-refractivity contribution in [2.24, 2.45) is 0 Å². The smallest absolute Gasteiger partial charge is 0.152 e. The molecular formula is C21H19Br2NOSi. The Morgan fingerprint density at radius 2 is 1.23 bits per heavy atom.